The number of nitrogens with zero attached hydrogens (tertiary/aromatic N) is 4. The fourth-order valence-corrected chi connectivity index (χ4v) is 4.68. The molecular weight excluding hydrogens is 488 g/mol. The zero-order valence-electron chi connectivity index (χ0n) is 20.2. The zero-order valence-corrected chi connectivity index (χ0v) is 20.2. The van der Waals surface area contributed by atoms with Crippen LogP contribution in [-0.4, -0.2) is 44.8 Å². The number of likely N-dealkylation sites (tertiary alicyclic amines) is 1. The highest BCUT2D eigenvalue weighted by Gasteiger charge is 2.42. The summed E-state index contributed by atoms with van der Waals surface area (Å²) in [6.07, 6.45) is -1.52. The molecular formula is C27H24F4N4O2. The van der Waals surface area contributed by atoms with E-state index in [9.17, 15) is 18.0 Å². The van der Waals surface area contributed by atoms with Gasteiger partial charge in [-0.1, -0.05) is 19.9 Å². The highest BCUT2D eigenvalue weighted by Crippen LogP contribution is 2.36. The molecule has 0 bridgehead atoms. The number of benzene rings is 2. The first-order valence-corrected chi connectivity index (χ1v) is 11.8. The van der Waals surface area contributed by atoms with Crippen LogP contribution in [0.3, 0.4) is 0 Å². The minimum atomic E-state index is -4.77. The van der Waals surface area contributed by atoms with Crippen LogP contribution in [0.4, 0.5) is 17.6 Å². The zero-order chi connectivity index (χ0) is 26.4. The van der Waals surface area contributed by atoms with Gasteiger partial charge < -0.3 is 9.64 Å². The van der Waals surface area contributed by atoms with E-state index < -0.39 is 12.0 Å². The van der Waals surface area contributed by atoms with E-state index in [4.69, 9.17) is 4.98 Å². The molecule has 5 rings (SSSR count). The van der Waals surface area contributed by atoms with Crippen LogP contribution in [0.25, 0.3) is 16.7 Å². The molecule has 37 heavy (non-hydrogen) atoms. The molecule has 0 N–H and O–H groups in total. The van der Waals surface area contributed by atoms with Gasteiger partial charge in [-0.25, -0.2) is 9.37 Å². The summed E-state index contributed by atoms with van der Waals surface area (Å²) >= 11 is 0. The fraction of sp³-hybridized carbons (Fsp3) is 0.296. The van der Waals surface area contributed by atoms with Crippen LogP contribution in [0.2, 0.25) is 0 Å². The van der Waals surface area contributed by atoms with Gasteiger partial charge in [0.05, 0.1) is 17.6 Å². The number of rotatable bonds is 5. The van der Waals surface area contributed by atoms with Crippen LogP contribution in [0, 0.1) is 0 Å². The van der Waals surface area contributed by atoms with Gasteiger partial charge in [-0.15, -0.1) is 13.2 Å². The van der Waals surface area contributed by atoms with Crippen molar-refractivity contribution in [1.29, 1.82) is 0 Å². The summed E-state index contributed by atoms with van der Waals surface area (Å²) < 4.78 is 59.0. The third-order valence-corrected chi connectivity index (χ3v) is 6.46. The number of carbonyl (C=O) groups excluding carboxylic acids is 1. The predicted molar refractivity (Wildman–Crippen MR) is 129 cm³/mol. The van der Waals surface area contributed by atoms with Gasteiger partial charge in [0.15, 0.2) is 5.67 Å². The van der Waals surface area contributed by atoms with Crippen molar-refractivity contribution < 1.29 is 27.1 Å². The molecule has 1 amide bonds. The van der Waals surface area contributed by atoms with E-state index >= 15 is 4.39 Å². The van der Waals surface area contributed by atoms with Crippen LogP contribution in [0.1, 0.15) is 47.9 Å². The fourth-order valence-electron chi connectivity index (χ4n) is 4.68. The van der Waals surface area contributed by atoms with Crippen molar-refractivity contribution >= 4 is 16.9 Å². The molecule has 2 aromatic heterocycles. The predicted octanol–water partition coefficient (Wildman–Crippen LogP) is 6.15. The molecule has 10 heteroatoms. The largest absolute Gasteiger partial charge is 0.573 e. The number of fused-ring (bicyclic) bond motifs is 1. The van der Waals surface area contributed by atoms with Crippen molar-refractivity contribution in [2.75, 3.05) is 13.1 Å². The Morgan fingerprint density at radius 3 is 2.51 bits per heavy atom. The lowest BCUT2D eigenvalue weighted by molar-refractivity contribution is -0.274. The molecule has 1 atom stereocenters. The smallest absolute Gasteiger partial charge is 0.406 e. The number of halogens is 4. The summed E-state index contributed by atoms with van der Waals surface area (Å²) in [5, 5.41) is 0. The number of pyridine rings is 1. The van der Waals surface area contributed by atoms with Crippen LogP contribution >= 0.6 is 0 Å². The Morgan fingerprint density at radius 2 is 1.86 bits per heavy atom. The van der Waals surface area contributed by atoms with Crippen LogP contribution < -0.4 is 4.74 Å². The summed E-state index contributed by atoms with van der Waals surface area (Å²) in [6, 6.07) is 14.0. The number of amides is 1. The van der Waals surface area contributed by atoms with E-state index in [1.54, 1.807) is 36.5 Å². The average molecular weight is 513 g/mol. The highest BCUT2D eigenvalue weighted by molar-refractivity contribution is 5.98. The minimum Gasteiger partial charge on any atom is -0.406 e. The SMILES string of the molecule is CC(C)c1nc2cc(C(=O)N3CCC(F)(c4cccnc4)C3)ccc2n1-c1ccc(OC(F)(F)F)cc1. The van der Waals surface area contributed by atoms with Gasteiger partial charge in [-0.3, -0.25) is 14.3 Å². The topological polar surface area (TPSA) is 60.2 Å². The van der Waals surface area contributed by atoms with Crippen LogP contribution in [0.5, 0.6) is 5.75 Å². The number of alkyl halides is 4. The monoisotopic (exact) mass is 512 g/mol. The molecule has 1 saturated heterocycles. The Balaban J connectivity index is 1.44. The van der Waals surface area contributed by atoms with E-state index in [0.717, 1.165) is 0 Å². The first kappa shape index (κ1) is 24.7. The molecule has 6 nitrogen and oxygen atoms in total. The van der Waals surface area contributed by atoms with E-state index in [1.165, 1.54) is 35.4 Å². The molecule has 0 spiro atoms. The van der Waals surface area contributed by atoms with E-state index in [2.05, 4.69) is 9.72 Å². The highest BCUT2D eigenvalue weighted by atomic mass is 19.4. The molecule has 0 aliphatic carbocycles. The second-order valence-corrected chi connectivity index (χ2v) is 9.39. The molecule has 4 aromatic rings. The Labute approximate surface area is 210 Å². The summed E-state index contributed by atoms with van der Waals surface area (Å²) in [4.78, 5) is 23.5. The van der Waals surface area contributed by atoms with Crippen molar-refractivity contribution in [1.82, 2.24) is 19.4 Å². The van der Waals surface area contributed by atoms with E-state index in [-0.39, 0.29) is 37.1 Å². The Hall–Kier alpha value is -3.95. The molecule has 0 radical (unpaired) electrons. The van der Waals surface area contributed by atoms with Gasteiger partial charge in [0.25, 0.3) is 5.91 Å². The van der Waals surface area contributed by atoms with Crippen molar-refractivity contribution in [3.63, 3.8) is 0 Å². The number of carbonyl (C=O) groups is 1. The van der Waals surface area contributed by atoms with Gasteiger partial charge in [-0.05, 0) is 48.5 Å². The van der Waals surface area contributed by atoms with Crippen molar-refractivity contribution in [3.8, 4) is 11.4 Å². The summed E-state index contributed by atoms with van der Waals surface area (Å²) in [5.74, 6) is 0.0626. The Kier molecular flexibility index (Phi) is 6.13. The maximum atomic E-state index is 15.6. The first-order valence-electron chi connectivity index (χ1n) is 11.8. The van der Waals surface area contributed by atoms with Gasteiger partial charge >= 0.3 is 6.36 Å². The lowest BCUT2D eigenvalue weighted by Gasteiger charge is -2.21. The maximum absolute atomic E-state index is 15.6. The van der Waals surface area contributed by atoms with Crippen molar-refractivity contribution in [2.45, 2.75) is 38.2 Å². The summed E-state index contributed by atoms with van der Waals surface area (Å²) in [6.45, 7) is 4.12. The lowest BCUT2D eigenvalue weighted by Crippen LogP contribution is -2.32. The second kappa shape index (κ2) is 9.17. The van der Waals surface area contributed by atoms with Gasteiger partial charge in [0.1, 0.15) is 11.6 Å². The molecule has 1 fully saturated rings. The lowest BCUT2D eigenvalue weighted by atomic mass is 9.97. The van der Waals surface area contributed by atoms with Crippen LogP contribution in [-0.2, 0) is 5.67 Å². The Bertz CT molecular complexity index is 1430. The molecule has 3 heterocycles. The van der Waals surface area contributed by atoms with Crippen molar-refractivity contribution in [3.05, 3.63) is 83.9 Å². The Morgan fingerprint density at radius 1 is 1.11 bits per heavy atom. The number of ether oxygens (including phenoxy) is 1. The number of imidazole rings is 1. The molecule has 1 unspecified atom stereocenters. The first-order chi connectivity index (χ1) is 17.5. The number of hydrogen-bond donors (Lipinski definition) is 0. The van der Waals surface area contributed by atoms with E-state index in [1.807, 2.05) is 18.4 Å². The summed E-state index contributed by atoms with van der Waals surface area (Å²) in [5.41, 5.74) is 1.05. The van der Waals surface area contributed by atoms with Gasteiger partial charge in [0, 0.05) is 48.1 Å². The standard InChI is InChI=1S/C27H24F4N4O2/c1-17(2)24-33-22-14-18(25(36)34-13-11-26(28,16-34)19-4-3-12-32-15-19)5-10-23(22)35(24)20-6-8-21(9-7-20)37-27(29,30)31/h3-10,12,14-15,17H,11,13,16H2,1-2H3. The molecule has 192 valence electrons. The third kappa shape index (κ3) is 4.87. The maximum Gasteiger partial charge on any atom is 0.573 e. The minimum absolute atomic E-state index is 0.0112. The summed E-state index contributed by atoms with van der Waals surface area (Å²) in [7, 11) is 0. The molecule has 2 aromatic carbocycles. The van der Waals surface area contributed by atoms with E-state index in [0.29, 0.717) is 33.7 Å². The normalized spacial score (nSPS) is 18.1. The van der Waals surface area contributed by atoms with Gasteiger partial charge in [-0.2, -0.15) is 0 Å². The molecule has 1 aliphatic heterocycles. The number of hydrogen-bond acceptors (Lipinski definition) is 4. The second-order valence-electron chi connectivity index (χ2n) is 9.39. The van der Waals surface area contributed by atoms with Gasteiger partial charge in [0.2, 0.25) is 0 Å². The third-order valence-electron chi connectivity index (χ3n) is 6.46. The molecule has 1 aliphatic rings. The quantitative estimate of drug-likeness (QED) is 0.301. The van der Waals surface area contributed by atoms with Crippen LogP contribution in [0.15, 0.2) is 67.0 Å². The van der Waals surface area contributed by atoms with Crippen molar-refractivity contribution in [2.24, 2.45) is 0 Å². The average Bonchev–Trinajstić information content (AvgIpc) is 3.45. The number of aromatic nitrogens is 3. The molecule has 0 saturated carbocycles.